The van der Waals surface area contributed by atoms with Crippen LogP contribution < -0.4 is 15.9 Å². The Morgan fingerprint density at radius 1 is 0.971 bits per heavy atom. The molecule has 5 aromatic rings. The van der Waals surface area contributed by atoms with E-state index < -0.39 is 0 Å². The smallest absolute Gasteiger partial charge is 0.246 e. The molecule has 0 saturated carbocycles. The highest BCUT2D eigenvalue weighted by atomic mass is 35.5. The summed E-state index contributed by atoms with van der Waals surface area (Å²) < 4.78 is 6.37. The van der Waals surface area contributed by atoms with Crippen molar-refractivity contribution in [2.45, 2.75) is 13.8 Å². The van der Waals surface area contributed by atoms with Crippen LogP contribution in [0.5, 0.6) is 0 Å². The maximum Gasteiger partial charge on any atom is 0.246 e. The van der Waals surface area contributed by atoms with Crippen molar-refractivity contribution in [1.82, 2.24) is 4.98 Å². The van der Waals surface area contributed by atoms with Gasteiger partial charge < -0.3 is 9.32 Å². The van der Waals surface area contributed by atoms with Crippen LogP contribution in [0.3, 0.4) is 0 Å². The molecule has 176 valence electrons. The van der Waals surface area contributed by atoms with Crippen LogP contribution in [0.4, 0.5) is 11.4 Å². The summed E-state index contributed by atoms with van der Waals surface area (Å²) in [6.07, 6.45) is 0. The van der Waals surface area contributed by atoms with Gasteiger partial charge in [0.15, 0.2) is 0 Å². The molecule has 5 nitrogen and oxygen atoms in total. The van der Waals surface area contributed by atoms with E-state index in [4.69, 9.17) is 21.0 Å². The molecule has 0 spiro atoms. The van der Waals surface area contributed by atoms with Gasteiger partial charge in [0.05, 0.1) is 16.9 Å². The lowest BCUT2D eigenvalue weighted by molar-refractivity contribution is 0.543. The van der Waals surface area contributed by atoms with Crippen molar-refractivity contribution in [3.05, 3.63) is 94.8 Å². The van der Waals surface area contributed by atoms with Gasteiger partial charge in [0, 0.05) is 46.2 Å². The van der Waals surface area contributed by atoms with E-state index in [9.17, 15) is 0 Å². The van der Waals surface area contributed by atoms with Crippen molar-refractivity contribution in [3.63, 3.8) is 0 Å². The minimum absolute atomic E-state index is 0.482. The van der Waals surface area contributed by atoms with E-state index in [-0.39, 0.29) is 0 Å². The summed E-state index contributed by atoms with van der Waals surface area (Å²) in [5, 5.41) is 9.21. The number of fused-ring (bicyclic) bond motifs is 1. The predicted molar refractivity (Wildman–Crippen MR) is 147 cm³/mol. The molecule has 0 saturated heterocycles. The van der Waals surface area contributed by atoms with Gasteiger partial charge in [-0.05, 0) is 56.3 Å². The summed E-state index contributed by atoms with van der Waals surface area (Å²) in [6.45, 7) is 6.16. The van der Waals surface area contributed by atoms with Gasteiger partial charge in [0.2, 0.25) is 5.55 Å². The Kier molecular flexibility index (Phi) is 6.84. The predicted octanol–water partition coefficient (Wildman–Crippen LogP) is 7.65. The third kappa shape index (κ3) is 5.09. The van der Waals surface area contributed by atoms with Gasteiger partial charge in [-0.1, -0.05) is 41.9 Å². The van der Waals surface area contributed by atoms with Gasteiger partial charge in [-0.25, -0.2) is 4.98 Å². The van der Waals surface area contributed by atoms with Crippen molar-refractivity contribution < 1.29 is 4.42 Å². The second-order valence-electron chi connectivity index (χ2n) is 7.99. The second kappa shape index (κ2) is 10.3. The zero-order valence-electron chi connectivity index (χ0n) is 19.5. The molecule has 0 unspecified atom stereocenters. The molecule has 7 heteroatoms. The highest BCUT2D eigenvalue weighted by Crippen LogP contribution is 2.30. The number of rotatable bonds is 7. The van der Waals surface area contributed by atoms with Crippen molar-refractivity contribution in [2.24, 2.45) is 5.10 Å². The lowest BCUT2D eigenvalue weighted by Crippen LogP contribution is -2.21. The molecule has 0 aliphatic carbocycles. The third-order valence-electron chi connectivity index (χ3n) is 5.80. The van der Waals surface area contributed by atoms with Crippen LogP contribution in [0.15, 0.2) is 93.8 Å². The van der Waals surface area contributed by atoms with Crippen molar-refractivity contribution in [2.75, 3.05) is 23.4 Å². The van der Waals surface area contributed by atoms with Crippen LogP contribution in [0.25, 0.3) is 32.8 Å². The number of benzene rings is 3. The largest absolute Gasteiger partial charge is 0.436 e. The van der Waals surface area contributed by atoms with E-state index in [0.717, 1.165) is 57.3 Å². The molecular weight excluding hydrogens is 476 g/mol. The summed E-state index contributed by atoms with van der Waals surface area (Å²) >= 11 is 7.62. The maximum absolute atomic E-state index is 6.37. The van der Waals surface area contributed by atoms with E-state index in [2.05, 4.69) is 53.5 Å². The fraction of sp³-hybridized carbons (Fsp3) is 0.143. The monoisotopic (exact) mass is 500 g/mol. The molecule has 0 bridgehead atoms. The first kappa shape index (κ1) is 23.1. The molecular formula is C28H25ClN4OS. The summed E-state index contributed by atoms with van der Waals surface area (Å²) in [7, 11) is 0. The molecule has 0 aliphatic heterocycles. The Bertz CT molecular complexity index is 1510. The number of nitrogens with one attached hydrogen (secondary N) is 1. The molecule has 2 aromatic heterocycles. The SMILES string of the molecule is CCN(CC)c1ccc2cc(-c3nc(-c4ccc(Cl)cc4)cs3)/c(=N\Nc3ccccc3)oc2c1. The molecule has 5 rings (SSSR count). The Hall–Kier alpha value is -3.61. The van der Waals surface area contributed by atoms with Crippen LogP contribution in [-0.2, 0) is 0 Å². The number of anilines is 2. The number of hydrogen-bond acceptors (Lipinski definition) is 6. The summed E-state index contributed by atoms with van der Waals surface area (Å²) in [5.74, 6) is 0. The molecule has 0 atom stereocenters. The average molecular weight is 501 g/mol. The first-order chi connectivity index (χ1) is 17.1. The van der Waals surface area contributed by atoms with Crippen LogP contribution in [0, 0.1) is 0 Å². The van der Waals surface area contributed by atoms with E-state index in [0.29, 0.717) is 10.6 Å². The summed E-state index contributed by atoms with van der Waals surface area (Å²) in [6, 6.07) is 25.9. The normalized spacial score (nSPS) is 11.7. The number of para-hydroxylation sites is 1. The highest BCUT2D eigenvalue weighted by molar-refractivity contribution is 7.13. The van der Waals surface area contributed by atoms with Gasteiger partial charge in [-0.15, -0.1) is 16.4 Å². The number of hydrogen-bond donors (Lipinski definition) is 1. The highest BCUT2D eigenvalue weighted by Gasteiger charge is 2.13. The quantitative estimate of drug-likeness (QED) is 0.233. The van der Waals surface area contributed by atoms with Gasteiger partial charge >= 0.3 is 0 Å². The number of aromatic nitrogens is 1. The average Bonchev–Trinajstić information content (AvgIpc) is 3.39. The van der Waals surface area contributed by atoms with Crippen molar-refractivity contribution >= 4 is 45.3 Å². The van der Waals surface area contributed by atoms with Crippen LogP contribution in [0.1, 0.15) is 13.8 Å². The fourth-order valence-electron chi connectivity index (χ4n) is 3.91. The standard InChI is InChI=1S/C28H25ClN4OS/c1-3-33(4-2)23-15-12-20-16-24(28-30-25(18-35-28)19-10-13-21(29)14-11-19)27(34-26(20)17-23)32-31-22-8-6-5-7-9-22/h5-18,31H,3-4H2,1-2H3/b32-27+. The zero-order valence-corrected chi connectivity index (χ0v) is 21.1. The minimum atomic E-state index is 0.482. The Balaban J connectivity index is 1.62. The maximum atomic E-state index is 6.37. The Labute approximate surface area is 213 Å². The summed E-state index contributed by atoms with van der Waals surface area (Å²) in [4.78, 5) is 7.19. The van der Waals surface area contributed by atoms with Gasteiger partial charge in [0.25, 0.3) is 0 Å². The molecule has 0 amide bonds. The van der Waals surface area contributed by atoms with Gasteiger partial charge in [0.1, 0.15) is 10.6 Å². The Morgan fingerprint density at radius 2 is 1.74 bits per heavy atom. The number of nitrogens with zero attached hydrogens (tertiary/aromatic N) is 3. The van der Waals surface area contributed by atoms with Gasteiger partial charge in [-0.2, -0.15) is 0 Å². The molecule has 0 fully saturated rings. The van der Waals surface area contributed by atoms with E-state index in [1.807, 2.05) is 60.0 Å². The zero-order chi connectivity index (χ0) is 24.2. The van der Waals surface area contributed by atoms with Crippen LogP contribution in [0.2, 0.25) is 5.02 Å². The molecule has 1 N–H and O–H groups in total. The first-order valence-corrected chi connectivity index (χ1v) is 12.8. The Morgan fingerprint density at radius 3 is 2.49 bits per heavy atom. The van der Waals surface area contributed by atoms with Crippen molar-refractivity contribution in [3.8, 4) is 21.8 Å². The lowest BCUT2D eigenvalue weighted by Gasteiger charge is -2.21. The number of halogens is 1. The van der Waals surface area contributed by atoms with E-state index >= 15 is 0 Å². The van der Waals surface area contributed by atoms with Crippen LogP contribution in [-0.4, -0.2) is 18.1 Å². The second-order valence-corrected chi connectivity index (χ2v) is 9.29. The fourth-order valence-corrected chi connectivity index (χ4v) is 4.87. The minimum Gasteiger partial charge on any atom is -0.436 e. The summed E-state index contributed by atoms with van der Waals surface area (Å²) in [5.41, 5.74) is 9.13. The van der Waals surface area contributed by atoms with E-state index in [1.54, 1.807) is 11.3 Å². The number of thiazole rings is 1. The van der Waals surface area contributed by atoms with Crippen molar-refractivity contribution in [1.29, 1.82) is 0 Å². The first-order valence-electron chi connectivity index (χ1n) is 11.5. The molecule has 3 aromatic carbocycles. The topological polar surface area (TPSA) is 53.7 Å². The molecule has 2 heterocycles. The van der Waals surface area contributed by atoms with E-state index in [1.165, 1.54) is 0 Å². The molecule has 0 aliphatic rings. The lowest BCUT2D eigenvalue weighted by atomic mass is 10.1. The van der Waals surface area contributed by atoms with Gasteiger partial charge in [-0.3, -0.25) is 5.43 Å². The molecule has 35 heavy (non-hydrogen) atoms. The third-order valence-corrected chi connectivity index (χ3v) is 6.93. The van der Waals surface area contributed by atoms with Crippen LogP contribution >= 0.6 is 22.9 Å². The molecule has 0 radical (unpaired) electrons.